The second kappa shape index (κ2) is 8.89. The molecule has 2 aromatic rings. The molecular weight excluding hydrogens is 332 g/mol. The number of amides is 2. The van der Waals surface area contributed by atoms with E-state index in [0.29, 0.717) is 37.1 Å². The number of nitrogens with zero attached hydrogens (tertiary/aromatic N) is 1. The van der Waals surface area contributed by atoms with Crippen molar-refractivity contribution in [2.45, 2.75) is 12.8 Å². The second-order valence-corrected chi connectivity index (χ2v) is 6.21. The molecular formula is C20H22N2O4. The van der Waals surface area contributed by atoms with E-state index in [4.69, 9.17) is 8.83 Å². The Kier molecular flexibility index (Phi) is 6.09. The molecule has 0 saturated carbocycles. The molecule has 0 unspecified atom stereocenters. The summed E-state index contributed by atoms with van der Waals surface area (Å²) in [5.41, 5.74) is 0. The molecule has 136 valence electrons. The first-order valence-electron chi connectivity index (χ1n) is 8.70. The van der Waals surface area contributed by atoms with Crippen molar-refractivity contribution in [2.75, 3.05) is 19.6 Å². The molecule has 2 amide bonds. The van der Waals surface area contributed by atoms with Gasteiger partial charge in [-0.05, 0) is 55.2 Å². The first-order valence-corrected chi connectivity index (χ1v) is 8.70. The predicted molar refractivity (Wildman–Crippen MR) is 97.8 cm³/mol. The van der Waals surface area contributed by atoms with Gasteiger partial charge in [-0.25, -0.2) is 0 Å². The fourth-order valence-corrected chi connectivity index (χ4v) is 2.85. The molecule has 6 nitrogen and oxygen atoms in total. The van der Waals surface area contributed by atoms with E-state index in [1.54, 1.807) is 55.0 Å². The smallest absolute Gasteiger partial charge is 0.246 e. The third-order valence-electron chi connectivity index (χ3n) is 4.37. The Labute approximate surface area is 152 Å². The molecule has 1 aliphatic heterocycles. The van der Waals surface area contributed by atoms with Gasteiger partial charge in [-0.1, -0.05) is 0 Å². The Morgan fingerprint density at radius 1 is 1.04 bits per heavy atom. The van der Waals surface area contributed by atoms with Gasteiger partial charge in [-0.3, -0.25) is 9.59 Å². The number of piperidine rings is 1. The monoisotopic (exact) mass is 354 g/mol. The van der Waals surface area contributed by atoms with Crippen molar-refractivity contribution in [3.8, 4) is 0 Å². The van der Waals surface area contributed by atoms with Crippen LogP contribution in [-0.2, 0) is 9.59 Å². The molecule has 3 rings (SSSR count). The quantitative estimate of drug-likeness (QED) is 0.809. The highest BCUT2D eigenvalue weighted by Crippen LogP contribution is 2.17. The largest absolute Gasteiger partial charge is 0.465 e. The van der Waals surface area contributed by atoms with Gasteiger partial charge < -0.3 is 19.1 Å². The lowest BCUT2D eigenvalue weighted by Gasteiger charge is -2.31. The van der Waals surface area contributed by atoms with E-state index in [9.17, 15) is 9.59 Å². The van der Waals surface area contributed by atoms with Crippen LogP contribution in [0.25, 0.3) is 12.2 Å². The Morgan fingerprint density at radius 3 is 2.23 bits per heavy atom. The van der Waals surface area contributed by atoms with Crippen molar-refractivity contribution in [3.05, 3.63) is 60.5 Å². The molecule has 1 aliphatic rings. The predicted octanol–water partition coefficient (Wildman–Crippen LogP) is 2.95. The van der Waals surface area contributed by atoms with E-state index in [2.05, 4.69) is 5.32 Å². The van der Waals surface area contributed by atoms with Crippen LogP contribution in [-0.4, -0.2) is 36.3 Å². The van der Waals surface area contributed by atoms with E-state index in [-0.39, 0.29) is 11.8 Å². The SMILES string of the molecule is O=C(/C=C/c1ccco1)NCC1CCN(C(=O)/C=C/c2ccco2)CC1. The summed E-state index contributed by atoms with van der Waals surface area (Å²) in [5.74, 6) is 1.55. The van der Waals surface area contributed by atoms with Crippen LogP contribution >= 0.6 is 0 Å². The minimum atomic E-state index is -0.138. The number of nitrogens with one attached hydrogen (secondary N) is 1. The van der Waals surface area contributed by atoms with Crippen LogP contribution in [0.2, 0.25) is 0 Å². The molecule has 26 heavy (non-hydrogen) atoms. The van der Waals surface area contributed by atoms with Gasteiger partial charge >= 0.3 is 0 Å². The van der Waals surface area contributed by atoms with Crippen molar-refractivity contribution in [2.24, 2.45) is 5.92 Å². The van der Waals surface area contributed by atoms with Crippen molar-refractivity contribution in [1.82, 2.24) is 10.2 Å². The Hall–Kier alpha value is -3.02. The van der Waals surface area contributed by atoms with Gasteiger partial charge in [0.25, 0.3) is 0 Å². The molecule has 0 aromatic carbocycles. The van der Waals surface area contributed by atoms with Gasteiger partial charge in [-0.15, -0.1) is 0 Å². The van der Waals surface area contributed by atoms with Crippen LogP contribution in [0.3, 0.4) is 0 Å². The third kappa shape index (κ3) is 5.24. The molecule has 0 atom stereocenters. The zero-order valence-electron chi connectivity index (χ0n) is 14.5. The maximum atomic E-state index is 12.2. The second-order valence-electron chi connectivity index (χ2n) is 6.21. The summed E-state index contributed by atoms with van der Waals surface area (Å²) in [6.45, 7) is 2.01. The van der Waals surface area contributed by atoms with Crippen LogP contribution in [0, 0.1) is 5.92 Å². The normalized spacial score (nSPS) is 15.8. The fraction of sp³-hybridized carbons (Fsp3) is 0.300. The molecule has 1 N–H and O–H groups in total. The zero-order chi connectivity index (χ0) is 18.2. The highest BCUT2D eigenvalue weighted by molar-refractivity contribution is 5.92. The summed E-state index contributed by atoms with van der Waals surface area (Å²) in [6.07, 6.45) is 11.2. The highest BCUT2D eigenvalue weighted by Gasteiger charge is 2.21. The van der Waals surface area contributed by atoms with E-state index < -0.39 is 0 Å². The number of carbonyl (C=O) groups excluding carboxylic acids is 2. The van der Waals surface area contributed by atoms with E-state index in [1.807, 2.05) is 4.90 Å². The van der Waals surface area contributed by atoms with Crippen LogP contribution < -0.4 is 5.32 Å². The van der Waals surface area contributed by atoms with Crippen LogP contribution in [0.15, 0.2) is 57.8 Å². The number of hydrogen-bond donors (Lipinski definition) is 1. The third-order valence-corrected chi connectivity index (χ3v) is 4.37. The summed E-state index contributed by atoms with van der Waals surface area (Å²) in [4.78, 5) is 25.8. The highest BCUT2D eigenvalue weighted by atomic mass is 16.3. The Morgan fingerprint density at radius 2 is 1.65 bits per heavy atom. The lowest BCUT2D eigenvalue weighted by Crippen LogP contribution is -2.40. The van der Waals surface area contributed by atoms with Crippen LogP contribution in [0.5, 0.6) is 0 Å². The molecule has 1 fully saturated rings. The number of rotatable bonds is 6. The molecule has 2 aromatic heterocycles. The lowest BCUT2D eigenvalue weighted by atomic mass is 9.96. The van der Waals surface area contributed by atoms with Gasteiger partial charge in [-0.2, -0.15) is 0 Å². The summed E-state index contributed by atoms with van der Waals surface area (Å²) in [6, 6.07) is 7.15. The van der Waals surface area contributed by atoms with E-state index in [0.717, 1.165) is 12.8 Å². The molecule has 6 heteroatoms. The number of hydrogen-bond acceptors (Lipinski definition) is 4. The van der Waals surface area contributed by atoms with Gasteiger partial charge in [0, 0.05) is 31.8 Å². The number of likely N-dealkylation sites (tertiary alicyclic amines) is 1. The van der Waals surface area contributed by atoms with Crippen molar-refractivity contribution < 1.29 is 18.4 Å². The maximum Gasteiger partial charge on any atom is 0.246 e. The molecule has 0 spiro atoms. The first-order chi connectivity index (χ1) is 12.7. The fourth-order valence-electron chi connectivity index (χ4n) is 2.85. The molecule has 0 aliphatic carbocycles. The molecule has 1 saturated heterocycles. The van der Waals surface area contributed by atoms with Crippen LogP contribution in [0.4, 0.5) is 0 Å². The summed E-state index contributed by atoms with van der Waals surface area (Å²) in [5, 5.41) is 2.91. The van der Waals surface area contributed by atoms with Crippen molar-refractivity contribution in [1.29, 1.82) is 0 Å². The lowest BCUT2D eigenvalue weighted by molar-refractivity contribution is -0.127. The topological polar surface area (TPSA) is 75.7 Å². The summed E-state index contributed by atoms with van der Waals surface area (Å²) >= 11 is 0. The van der Waals surface area contributed by atoms with Gasteiger partial charge in [0.15, 0.2) is 0 Å². The average molecular weight is 354 g/mol. The van der Waals surface area contributed by atoms with Gasteiger partial charge in [0.1, 0.15) is 11.5 Å². The summed E-state index contributed by atoms with van der Waals surface area (Å²) in [7, 11) is 0. The average Bonchev–Trinajstić information content (AvgIpc) is 3.37. The standard InChI is InChI=1S/C20H22N2O4/c23-19(7-5-17-3-1-13-25-17)21-15-16-9-11-22(12-10-16)20(24)8-6-18-4-2-14-26-18/h1-8,13-14,16H,9-12,15H2,(H,21,23)/b7-5+,8-6+. The Bertz CT molecular complexity index is 752. The molecule has 0 radical (unpaired) electrons. The van der Waals surface area contributed by atoms with Gasteiger partial charge in [0.2, 0.25) is 11.8 Å². The molecule has 3 heterocycles. The Balaban J connectivity index is 1.37. The van der Waals surface area contributed by atoms with Gasteiger partial charge in [0.05, 0.1) is 12.5 Å². The van der Waals surface area contributed by atoms with Crippen molar-refractivity contribution in [3.63, 3.8) is 0 Å². The minimum Gasteiger partial charge on any atom is -0.465 e. The van der Waals surface area contributed by atoms with E-state index in [1.165, 1.54) is 6.08 Å². The molecule has 0 bridgehead atoms. The zero-order valence-corrected chi connectivity index (χ0v) is 14.5. The van der Waals surface area contributed by atoms with Crippen molar-refractivity contribution >= 4 is 24.0 Å². The summed E-state index contributed by atoms with van der Waals surface area (Å²) < 4.78 is 10.3. The number of carbonyl (C=O) groups is 2. The maximum absolute atomic E-state index is 12.2. The first kappa shape index (κ1) is 17.8. The minimum absolute atomic E-state index is 0.00901. The number of furan rings is 2. The van der Waals surface area contributed by atoms with Crippen LogP contribution in [0.1, 0.15) is 24.4 Å². The van der Waals surface area contributed by atoms with E-state index >= 15 is 0 Å².